The second kappa shape index (κ2) is 12.3. The molecular formula is C17H34OSn. The zero-order chi connectivity index (χ0) is 14.6. The molecule has 0 rings (SSSR count). The maximum absolute atomic E-state index is 9.22. The van der Waals surface area contributed by atoms with E-state index >= 15 is 0 Å². The zero-order valence-electron chi connectivity index (χ0n) is 13.6. The Morgan fingerprint density at radius 2 is 1.37 bits per heavy atom. The molecule has 112 valence electrons. The third-order valence-corrected chi connectivity index (χ3v) is 9.61. The van der Waals surface area contributed by atoms with Crippen LogP contribution in [0.2, 0.25) is 3.43 Å². The Bertz CT molecular complexity index is 214. The molecule has 2 heteroatoms. The van der Waals surface area contributed by atoms with Crippen LogP contribution in [0.3, 0.4) is 0 Å². The first-order valence-corrected chi connectivity index (χ1v) is 11.3. The quantitative estimate of drug-likeness (QED) is 0.460. The van der Waals surface area contributed by atoms with Gasteiger partial charge in [0, 0.05) is 0 Å². The van der Waals surface area contributed by atoms with Gasteiger partial charge in [-0.05, 0) is 0 Å². The predicted octanol–water partition coefficient (Wildman–Crippen LogP) is 5.32. The van der Waals surface area contributed by atoms with Crippen LogP contribution in [0.25, 0.3) is 0 Å². The molecule has 0 fully saturated rings. The minimum absolute atomic E-state index is 0.256. The van der Waals surface area contributed by atoms with E-state index in [1.54, 1.807) is 0 Å². The van der Waals surface area contributed by atoms with Gasteiger partial charge in [-0.15, -0.1) is 0 Å². The second-order valence-electron chi connectivity index (χ2n) is 5.88. The molecule has 0 heterocycles. The van der Waals surface area contributed by atoms with Gasteiger partial charge in [0.05, 0.1) is 0 Å². The van der Waals surface area contributed by atoms with E-state index in [4.69, 9.17) is 0 Å². The average Bonchev–Trinajstić information content (AvgIpc) is 2.45. The Hall–Kier alpha value is 0.499. The van der Waals surface area contributed by atoms with Gasteiger partial charge in [-0.1, -0.05) is 0 Å². The Balaban J connectivity index is 4.75. The molecule has 19 heavy (non-hydrogen) atoms. The molecule has 0 saturated carbocycles. The molecule has 0 atom stereocenters. The van der Waals surface area contributed by atoms with Crippen LogP contribution >= 0.6 is 0 Å². The molecule has 0 amide bonds. The van der Waals surface area contributed by atoms with Crippen molar-refractivity contribution in [1.29, 1.82) is 0 Å². The van der Waals surface area contributed by atoms with Crippen LogP contribution in [-0.4, -0.2) is 32.9 Å². The van der Waals surface area contributed by atoms with Crippen LogP contribution in [0.15, 0.2) is 9.67 Å². The summed E-state index contributed by atoms with van der Waals surface area (Å²) in [5.74, 6) is 0. The van der Waals surface area contributed by atoms with Gasteiger partial charge in [0.2, 0.25) is 0 Å². The number of rotatable bonds is 12. The van der Waals surface area contributed by atoms with Crippen molar-refractivity contribution in [1.82, 2.24) is 0 Å². The summed E-state index contributed by atoms with van der Waals surface area (Å²) in [5.41, 5.74) is 1.21. The molecule has 0 aliphatic heterocycles. The van der Waals surface area contributed by atoms with Crippen LogP contribution < -0.4 is 0 Å². The monoisotopic (exact) mass is 374 g/mol. The summed E-state index contributed by atoms with van der Waals surface area (Å²) in [6, 6.07) is 0. The summed E-state index contributed by atoms with van der Waals surface area (Å²) in [5, 5.41) is 9.22. The number of hydrogen-bond acceptors (Lipinski definition) is 1. The van der Waals surface area contributed by atoms with E-state index in [2.05, 4.69) is 31.8 Å². The maximum atomic E-state index is 9.22. The fourth-order valence-electron chi connectivity index (χ4n) is 2.46. The summed E-state index contributed by atoms with van der Waals surface area (Å²) < 4.78 is 3.13. The van der Waals surface area contributed by atoms with Gasteiger partial charge in [0.25, 0.3) is 0 Å². The van der Waals surface area contributed by atoms with Crippen molar-refractivity contribution < 1.29 is 5.11 Å². The summed E-state index contributed by atoms with van der Waals surface area (Å²) in [6.45, 7) is 9.27. The van der Waals surface area contributed by atoms with Gasteiger partial charge in [-0.3, -0.25) is 0 Å². The molecule has 2 radical (unpaired) electrons. The normalized spacial score (nSPS) is 13.0. The van der Waals surface area contributed by atoms with E-state index < -0.39 is 21.1 Å². The van der Waals surface area contributed by atoms with Crippen LogP contribution in [0, 0.1) is 0 Å². The van der Waals surface area contributed by atoms with Crippen LogP contribution in [-0.2, 0) is 0 Å². The van der Waals surface area contributed by atoms with Gasteiger partial charge in [-0.25, -0.2) is 0 Å². The molecule has 1 nitrogen and oxygen atoms in total. The molecular weight excluding hydrogens is 339 g/mol. The van der Waals surface area contributed by atoms with Gasteiger partial charge >= 0.3 is 131 Å². The first-order chi connectivity index (χ1) is 9.14. The molecule has 0 aliphatic rings. The van der Waals surface area contributed by atoms with Crippen molar-refractivity contribution in [2.45, 2.75) is 88.9 Å². The fraction of sp³-hybridized carbons (Fsp3) is 0.882. The van der Waals surface area contributed by atoms with Crippen LogP contribution in [0.1, 0.15) is 85.5 Å². The van der Waals surface area contributed by atoms with Crippen molar-refractivity contribution >= 4 is 21.1 Å². The predicted molar refractivity (Wildman–Crippen MR) is 87.9 cm³/mol. The molecule has 1 N–H and O–H groups in total. The first kappa shape index (κ1) is 19.5. The Kier molecular flexibility index (Phi) is 12.6. The third-order valence-electron chi connectivity index (χ3n) is 3.90. The van der Waals surface area contributed by atoms with Crippen molar-refractivity contribution in [3.05, 3.63) is 9.67 Å². The van der Waals surface area contributed by atoms with Gasteiger partial charge in [0.15, 0.2) is 0 Å². The summed E-state index contributed by atoms with van der Waals surface area (Å²) in [4.78, 5) is 0. The number of hydrogen-bond donors (Lipinski definition) is 1. The van der Waals surface area contributed by atoms with Crippen LogP contribution in [0.4, 0.5) is 0 Å². The molecule has 0 aliphatic carbocycles. The molecule has 0 aromatic heterocycles. The van der Waals surface area contributed by atoms with Crippen molar-refractivity contribution in [3.63, 3.8) is 0 Å². The first-order valence-electron chi connectivity index (χ1n) is 8.18. The van der Waals surface area contributed by atoms with Gasteiger partial charge in [0.1, 0.15) is 0 Å². The Labute approximate surface area is 131 Å². The van der Waals surface area contributed by atoms with E-state index in [9.17, 15) is 5.11 Å². The van der Waals surface area contributed by atoms with Crippen LogP contribution in [0.5, 0.6) is 0 Å². The molecule has 0 spiro atoms. The standard InChI is InChI=1S/C13H27.C4H7O.Sn/c1-4-7-10-13(11-8-5-2)12-9-6-3;1-4(2)3-5;/h4-12H2,1-3H3;1,5H,3H2,2H3;. The van der Waals surface area contributed by atoms with Crippen molar-refractivity contribution in [3.8, 4) is 0 Å². The number of aliphatic hydroxyl groups is 1. The van der Waals surface area contributed by atoms with E-state index in [1.165, 1.54) is 63.4 Å². The molecule has 0 bridgehead atoms. The Morgan fingerprint density at radius 3 is 1.68 bits per heavy atom. The van der Waals surface area contributed by atoms with Crippen molar-refractivity contribution in [2.75, 3.05) is 6.61 Å². The van der Waals surface area contributed by atoms with Gasteiger partial charge < -0.3 is 0 Å². The number of aliphatic hydroxyl groups excluding tert-OH is 1. The molecule has 0 aromatic rings. The van der Waals surface area contributed by atoms with E-state index in [-0.39, 0.29) is 6.61 Å². The summed E-state index contributed by atoms with van der Waals surface area (Å²) in [7, 11) is 0. The van der Waals surface area contributed by atoms with E-state index in [1.807, 2.05) is 0 Å². The van der Waals surface area contributed by atoms with E-state index in [0.717, 1.165) is 0 Å². The summed E-state index contributed by atoms with van der Waals surface area (Å²) >= 11 is -0.534. The third kappa shape index (κ3) is 9.12. The molecule has 0 aromatic carbocycles. The average molecular weight is 373 g/mol. The van der Waals surface area contributed by atoms with Crippen molar-refractivity contribution in [2.24, 2.45) is 0 Å². The topological polar surface area (TPSA) is 20.2 Å². The second-order valence-corrected chi connectivity index (χ2v) is 10.6. The molecule has 0 unspecified atom stereocenters. The fourth-order valence-corrected chi connectivity index (χ4v) is 7.05. The molecule has 0 saturated heterocycles. The SMILES string of the molecule is CCCC[C](CCCC)(CCCC)[Sn]/[CH]=C(\C)CO. The minimum atomic E-state index is -0.534. The Morgan fingerprint density at radius 1 is 0.947 bits per heavy atom. The number of unbranched alkanes of at least 4 members (excludes halogenated alkanes) is 3. The summed E-state index contributed by atoms with van der Waals surface area (Å²) in [6.07, 6.45) is 12.4. The zero-order valence-corrected chi connectivity index (χ0v) is 16.4. The van der Waals surface area contributed by atoms with Gasteiger partial charge in [-0.2, -0.15) is 0 Å². The van der Waals surface area contributed by atoms with E-state index in [0.29, 0.717) is 3.43 Å².